The molecule has 4 nitrogen and oxygen atoms in total. The third-order valence-corrected chi connectivity index (χ3v) is 5.20. The van der Waals surface area contributed by atoms with Gasteiger partial charge in [0.25, 0.3) is 0 Å². The third kappa shape index (κ3) is 3.28. The number of esters is 1. The quantitative estimate of drug-likeness (QED) is 0.278. The van der Waals surface area contributed by atoms with Crippen LogP contribution in [-0.4, -0.2) is 17.1 Å². The van der Waals surface area contributed by atoms with Crippen LogP contribution in [0.3, 0.4) is 0 Å². The number of halogens is 1. The van der Waals surface area contributed by atoms with Gasteiger partial charge in [-0.3, -0.25) is 0 Å². The Labute approximate surface area is 171 Å². The molecule has 0 aliphatic rings. The molecule has 1 aromatic heterocycles. The highest BCUT2D eigenvalue weighted by Crippen LogP contribution is 2.30. The molecule has 0 radical (unpaired) electrons. The summed E-state index contributed by atoms with van der Waals surface area (Å²) in [4.78, 5) is 16.1. The average molecular weight is 433 g/mol. The lowest BCUT2D eigenvalue weighted by molar-refractivity contribution is 0.0515. The van der Waals surface area contributed by atoms with Gasteiger partial charge in [0.2, 0.25) is 0 Å². The lowest BCUT2D eigenvalue weighted by Gasteiger charge is -2.13. The fourth-order valence-corrected chi connectivity index (χ4v) is 4.03. The van der Waals surface area contributed by atoms with E-state index < -0.39 is 0 Å². The van der Waals surface area contributed by atoms with Gasteiger partial charge in [0.05, 0.1) is 13.2 Å². The van der Waals surface area contributed by atoms with E-state index in [-0.39, 0.29) is 5.97 Å². The highest BCUT2D eigenvalue weighted by molar-refractivity contribution is 9.10. The summed E-state index contributed by atoms with van der Waals surface area (Å²) in [5.41, 5.74) is 2.96. The lowest BCUT2D eigenvalue weighted by Crippen LogP contribution is -2.13. The van der Waals surface area contributed by atoms with Gasteiger partial charge in [-0.15, -0.1) is 0 Å². The van der Waals surface area contributed by atoms with Gasteiger partial charge in [0.1, 0.15) is 5.69 Å². The minimum absolute atomic E-state index is 0.313. The molecule has 0 aliphatic heterocycles. The van der Waals surface area contributed by atoms with Crippen molar-refractivity contribution in [1.29, 1.82) is 0 Å². The summed E-state index contributed by atoms with van der Waals surface area (Å²) in [5, 5.41) is 3.17. The number of carbonyl (C=O) groups excluding carboxylic acids is 1. The molecule has 1 heterocycles. The van der Waals surface area contributed by atoms with Crippen molar-refractivity contribution in [1.82, 2.24) is 4.57 Å². The molecule has 28 heavy (non-hydrogen) atoms. The lowest BCUT2D eigenvalue weighted by atomic mass is 10.0. The smallest absolute Gasteiger partial charge is 0.354 e. The minimum atomic E-state index is -0.359. The summed E-state index contributed by atoms with van der Waals surface area (Å²) in [5.74, 6) is -0.359. The van der Waals surface area contributed by atoms with Gasteiger partial charge in [-0.25, -0.2) is 9.64 Å². The van der Waals surface area contributed by atoms with Crippen molar-refractivity contribution in [3.05, 3.63) is 87.8 Å². The summed E-state index contributed by atoms with van der Waals surface area (Å²) in [6.45, 7) is 9.93. The van der Waals surface area contributed by atoms with Crippen LogP contribution in [0, 0.1) is 6.57 Å². The van der Waals surface area contributed by atoms with Crippen LogP contribution in [0.1, 0.15) is 23.0 Å². The molecule has 0 amide bonds. The van der Waals surface area contributed by atoms with E-state index in [1.807, 2.05) is 34.9 Å². The summed E-state index contributed by atoms with van der Waals surface area (Å²) in [6, 6.07) is 19.6. The zero-order chi connectivity index (χ0) is 19.7. The number of benzene rings is 3. The van der Waals surface area contributed by atoms with Crippen molar-refractivity contribution in [2.75, 3.05) is 6.61 Å². The molecule has 0 spiro atoms. The van der Waals surface area contributed by atoms with Crippen molar-refractivity contribution in [2.45, 2.75) is 13.5 Å². The van der Waals surface area contributed by atoms with Crippen LogP contribution >= 0.6 is 15.9 Å². The summed E-state index contributed by atoms with van der Waals surface area (Å²) in [7, 11) is 0. The van der Waals surface area contributed by atoms with Crippen molar-refractivity contribution < 1.29 is 9.53 Å². The Kier molecular flexibility index (Phi) is 4.89. The van der Waals surface area contributed by atoms with Crippen LogP contribution in [0.5, 0.6) is 0 Å². The van der Waals surface area contributed by atoms with E-state index in [1.54, 1.807) is 13.0 Å². The number of fused-ring (bicyclic) bond motifs is 2. The Bertz CT molecular complexity index is 1250. The highest BCUT2D eigenvalue weighted by Gasteiger charge is 2.18. The molecule has 0 saturated heterocycles. The number of nitrogens with zero attached hydrogens (tertiary/aromatic N) is 2. The van der Waals surface area contributed by atoms with Gasteiger partial charge in [0.15, 0.2) is 5.69 Å². The van der Waals surface area contributed by atoms with Crippen molar-refractivity contribution in [3.63, 3.8) is 0 Å². The maximum Gasteiger partial charge on any atom is 0.354 e. The standard InChI is InChI=1S/C23H17BrN2O2/c1-3-28-23(27)22-12-16-8-9-19(25-2)13-21(16)26(22)14-17-11-18(24)10-15-6-4-5-7-20(15)17/h4-13H,3,14H2,1H3. The predicted octanol–water partition coefficient (Wildman–Crippen LogP) is 6.33. The van der Waals surface area contributed by atoms with E-state index in [0.717, 1.165) is 31.7 Å². The van der Waals surface area contributed by atoms with E-state index in [4.69, 9.17) is 11.3 Å². The van der Waals surface area contributed by atoms with Crippen molar-refractivity contribution in [2.24, 2.45) is 0 Å². The van der Waals surface area contributed by atoms with Gasteiger partial charge < -0.3 is 9.30 Å². The van der Waals surface area contributed by atoms with Crippen LogP contribution in [0.4, 0.5) is 5.69 Å². The minimum Gasteiger partial charge on any atom is -0.461 e. The second-order valence-electron chi connectivity index (χ2n) is 6.48. The Morgan fingerprint density at radius 3 is 2.71 bits per heavy atom. The fourth-order valence-electron chi connectivity index (χ4n) is 3.51. The molecular formula is C23H17BrN2O2. The summed E-state index contributed by atoms with van der Waals surface area (Å²) < 4.78 is 8.20. The average Bonchev–Trinajstić information content (AvgIpc) is 3.05. The van der Waals surface area contributed by atoms with E-state index in [1.165, 1.54) is 0 Å². The number of hydrogen-bond acceptors (Lipinski definition) is 2. The van der Waals surface area contributed by atoms with E-state index in [9.17, 15) is 4.79 Å². The Hall–Kier alpha value is -3.10. The van der Waals surface area contributed by atoms with E-state index >= 15 is 0 Å². The molecule has 0 fully saturated rings. The molecule has 0 unspecified atom stereocenters. The van der Waals surface area contributed by atoms with Crippen LogP contribution < -0.4 is 0 Å². The molecule has 0 bridgehead atoms. The maximum atomic E-state index is 12.6. The van der Waals surface area contributed by atoms with Gasteiger partial charge in [0, 0.05) is 16.5 Å². The molecule has 138 valence electrons. The number of hydrogen-bond donors (Lipinski definition) is 0. The first-order valence-corrected chi connectivity index (χ1v) is 9.75. The summed E-state index contributed by atoms with van der Waals surface area (Å²) >= 11 is 3.59. The fraction of sp³-hybridized carbons (Fsp3) is 0.130. The molecular weight excluding hydrogens is 416 g/mol. The molecule has 4 rings (SSSR count). The van der Waals surface area contributed by atoms with Crippen molar-refractivity contribution in [3.8, 4) is 0 Å². The molecule has 0 N–H and O–H groups in total. The molecule has 0 atom stereocenters. The molecule has 3 aromatic carbocycles. The third-order valence-electron chi connectivity index (χ3n) is 4.74. The first-order chi connectivity index (χ1) is 13.6. The van der Waals surface area contributed by atoms with Crippen LogP contribution in [0.2, 0.25) is 0 Å². The monoisotopic (exact) mass is 432 g/mol. The number of carbonyl (C=O) groups is 1. The molecule has 0 aliphatic carbocycles. The topological polar surface area (TPSA) is 35.6 Å². The van der Waals surface area contributed by atoms with Gasteiger partial charge in [-0.05, 0) is 52.9 Å². The molecule has 5 heteroatoms. The zero-order valence-corrected chi connectivity index (χ0v) is 16.9. The normalized spacial score (nSPS) is 10.9. The van der Waals surface area contributed by atoms with Gasteiger partial charge in [-0.2, -0.15) is 0 Å². The Morgan fingerprint density at radius 1 is 1.11 bits per heavy atom. The van der Waals surface area contributed by atoms with Crippen LogP contribution in [0.15, 0.2) is 65.1 Å². The molecule has 0 saturated carbocycles. The first kappa shape index (κ1) is 18.3. The van der Waals surface area contributed by atoms with E-state index in [0.29, 0.717) is 24.5 Å². The number of rotatable bonds is 4. The molecule has 4 aromatic rings. The zero-order valence-electron chi connectivity index (χ0n) is 15.3. The second-order valence-corrected chi connectivity index (χ2v) is 7.39. The highest BCUT2D eigenvalue weighted by atomic mass is 79.9. The second kappa shape index (κ2) is 7.49. The maximum absolute atomic E-state index is 12.6. The summed E-state index contributed by atoms with van der Waals surface area (Å²) in [6.07, 6.45) is 0. The Morgan fingerprint density at radius 2 is 1.93 bits per heavy atom. The largest absolute Gasteiger partial charge is 0.461 e. The van der Waals surface area contributed by atoms with Gasteiger partial charge >= 0.3 is 5.97 Å². The first-order valence-electron chi connectivity index (χ1n) is 8.95. The predicted molar refractivity (Wildman–Crippen MR) is 115 cm³/mol. The van der Waals surface area contributed by atoms with Crippen LogP contribution in [-0.2, 0) is 11.3 Å². The SMILES string of the molecule is [C-]#[N+]c1ccc2cc(C(=O)OCC)n(Cc3cc(Br)cc4ccccc34)c2c1. The van der Waals surface area contributed by atoms with E-state index in [2.05, 4.69) is 45.0 Å². The van der Waals surface area contributed by atoms with Gasteiger partial charge in [-0.1, -0.05) is 52.3 Å². The van der Waals surface area contributed by atoms with Crippen molar-refractivity contribution >= 4 is 49.3 Å². The number of aromatic nitrogens is 1. The Balaban J connectivity index is 1.94. The number of ether oxygens (including phenoxy) is 1. The van der Waals surface area contributed by atoms with Crippen LogP contribution in [0.25, 0.3) is 26.5 Å².